The van der Waals surface area contributed by atoms with Gasteiger partial charge in [-0.1, -0.05) is 0 Å². The lowest BCUT2D eigenvalue weighted by atomic mass is 10.4. The van der Waals surface area contributed by atoms with Gasteiger partial charge in [-0.25, -0.2) is 5.21 Å². The Morgan fingerprint density at radius 2 is 2.12 bits per heavy atom. The van der Waals surface area contributed by atoms with Crippen molar-refractivity contribution in [3.05, 3.63) is 5.21 Å². The van der Waals surface area contributed by atoms with Crippen molar-refractivity contribution in [1.82, 2.24) is 0 Å². The van der Waals surface area contributed by atoms with Crippen LogP contribution >= 0.6 is 0 Å². The molecule has 0 aliphatic rings. The Labute approximate surface area is 48.3 Å². The quantitative estimate of drug-likeness (QED) is 0.400. The molecule has 0 aliphatic carbocycles. The highest BCUT2D eigenvalue weighted by Gasteiger charge is 1.94. The van der Waals surface area contributed by atoms with E-state index in [-0.39, 0.29) is 11.1 Å². The van der Waals surface area contributed by atoms with Gasteiger partial charge in [-0.15, -0.1) is 0 Å². The normalized spacial score (nSPS) is 12.2. The smallest absolute Gasteiger partial charge is 0.168 e. The van der Waals surface area contributed by atoms with Crippen LogP contribution in [0.5, 0.6) is 0 Å². The predicted octanol–water partition coefficient (Wildman–Crippen LogP) is 0.919. The molecule has 4 heteroatoms. The number of hydrogen-bond acceptors (Lipinski definition) is 3. The van der Waals surface area contributed by atoms with E-state index in [1.54, 1.807) is 13.8 Å². The Hall–Kier alpha value is -0.800. The lowest BCUT2D eigenvalue weighted by molar-refractivity contribution is -0.784. The summed E-state index contributed by atoms with van der Waals surface area (Å²) < 4.78 is 0. The van der Waals surface area contributed by atoms with E-state index in [9.17, 15) is 5.21 Å². The molecule has 0 radical (unpaired) electrons. The van der Waals surface area contributed by atoms with Gasteiger partial charge in [0.1, 0.15) is 6.04 Å². The van der Waals surface area contributed by atoms with E-state index in [1.165, 1.54) is 7.11 Å². The van der Waals surface area contributed by atoms with Crippen molar-refractivity contribution in [1.29, 1.82) is 0 Å². The highest BCUT2D eigenvalue weighted by molar-refractivity contribution is 4.37. The summed E-state index contributed by atoms with van der Waals surface area (Å²) in [7, 11) is 1.28. The fourth-order valence-electron chi connectivity index (χ4n) is 0.236. The summed E-state index contributed by atoms with van der Waals surface area (Å²) in [4.78, 5) is 4.17. The molecule has 0 aromatic carbocycles. The summed E-state index contributed by atoms with van der Waals surface area (Å²) >= 11 is 0. The lowest BCUT2D eigenvalue weighted by Crippen LogP contribution is -2.01. The van der Waals surface area contributed by atoms with Crippen LogP contribution in [0.3, 0.4) is 0 Å². The van der Waals surface area contributed by atoms with Gasteiger partial charge in [0, 0.05) is 12.2 Å². The Balaban J connectivity index is 3.56. The van der Waals surface area contributed by atoms with Crippen LogP contribution in [0.25, 0.3) is 0 Å². The van der Waals surface area contributed by atoms with Crippen LogP contribution in [0, 0.1) is 5.21 Å². The minimum absolute atomic E-state index is 0.00699. The standard InChI is InChI=1S/C4H10N2O2/c1-4(2)5-6(7)8-3/h4H,1-3H3. The van der Waals surface area contributed by atoms with Gasteiger partial charge in [0.25, 0.3) is 0 Å². The van der Waals surface area contributed by atoms with Crippen molar-refractivity contribution < 1.29 is 9.86 Å². The molecule has 0 atom stereocenters. The molecule has 0 aromatic rings. The third-order valence-electron chi connectivity index (χ3n) is 0.481. The zero-order valence-electron chi connectivity index (χ0n) is 5.29. The van der Waals surface area contributed by atoms with Crippen LogP contribution in [0.4, 0.5) is 0 Å². The zero-order chi connectivity index (χ0) is 6.57. The fraction of sp³-hybridized carbons (Fsp3) is 1.00. The summed E-state index contributed by atoms with van der Waals surface area (Å²) in [6.07, 6.45) is 0. The fourth-order valence-corrected chi connectivity index (χ4v) is 0.236. The summed E-state index contributed by atoms with van der Waals surface area (Å²) in [5.74, 6) is 0. The second-order valence-electron chi connectivity index (χ2n) is 1.63. The molecular formula is C4H10N2O2. The molecule has 0 rings (SSSR count). The number of nitrogens with zero attached hydrogens (tertiary/aromatic N) is 2. The van der Waals surface area contributed by atoms with Gasteiger partial charge in [0.2, 0.25) is 0 Å². The summed E-state index contributed by atoms with van der Waals surface area (Å²) in [6.45, 7) is 3.59. The van der Waals surface area contributed by atoms with Gasteiger partial charge in [0.15, 0.2) is 5.02 Å². The van der Waals surface area contributed by atoms with Gasteiger partial charge in [0.05, 0.1) is 0 Å². The molecule has 0 amide bonds. The molecule has 0 fully saturated rings. The molecule has 0 spiro atoms. The molecule has 0 heterocycles. The first-order valence-corrected chi connectivity index (χ1v) is 2.39. The monoisotopic (exact) mass is 118 g/mol. The molecule has 0 saturated heterocycles. The third-order valence-corrected chi connectivity index (χ3v) is 0.481. The predicted molar refractivity (Wildman–Crippen MR) is 28.2 cm³/mol. The number of hydrogen-bond donors (Lipinski definition) is 0. The second kappa shape index (κ2) is 3.23. The van der Waals surface area contributed by atoms with Crippen molar-refractivity contribution in [2.75, 3.05) is 7.11 Å². The molecule has 0 unspecified atom stereocenters. The van der Waals surface area contributed by atoms with Gasteiger partial charge in [-0.3, -0.25) is 0 Å². The molecule has 0 bridgehead atoms. The Kier molecular flexibility index (Phi) is 2.91. The molecule has 8 heavy (non-hydrogen) atoms. The van der Waals surface area contributed by atoms with Crippen molar-refractivity contribution in [2.24, 2.45) is 5.11 Å². The minimum Gasteiger partial charge on any atom is -0.384 e. The Morgan fingerprint density at radius 3 is 2.25 bits per heavy atom. The van der Waals surface area contributed by atoms with Crippen LogP contribution < -0.4 is 0 Å². The molecule has 0 saturated carbocycles. The van der Waals surface area contributed by atoms with Crippen LogP contribution in [-0.2, 0) is 4.84 Å². The van der Waals surface area contributed by atoms with Crippen molar-refractivity contribution in [2.45, 2.75) is 19.9 Å². The maximum atomic E-state index is 10.2. The molecule has 0 aromatic heterocycles. The van der Waals surface area contributed by atoms with Gasteiger partial charge in [-0.05, 0) is 13.8 Å². The first-order chi connectivity index (χ1) is 3.66. The SMILES string of the molecule is CO[N+]([O-])=NC(C)C. The highest BCUT2D eigenvalue weighted by atomic mass is 16.9. The van der Waals surface area contributed by atoms with Crippen LogP contribution in [0.1, 0.15) is 13.8 Å². The largest absolute Gasteiger partial charge is 0.384 e. The van der Waals surface area contributed by atoms with E-state index in [2.05, 4.69) is 9.95 Å². The topological polar surface area (TPSA) is 47.7 Å². The molecule has 0 N–H and O–H groups in total. The molecule has 0 aliphatic heterocycles. The second-order valence-corrected chi connectivity index (χ2v) is 1.63. The van der Waals surface area contributed by atoms with Crippen LogP contribution in [0.15, 0.2) is 5.11 Å². The average molecular weight is 118 g/mol. The third kappa shape index (κ3) is 3.39. The van der Waals surface area contributed by atoms with E-state index in [4.69, 9.17) is 0 Å². The summed E-state index contributed by atoms with van der Waals surface area (Å²) in [5.41, 5.74) is 0. The van der Waals surface area contributed by atoms with E-state index < -0.39 is 0 Å². The lowest BCUT2D eigenvalue weighted by Gasteiger charge is -1.92. The molecule has 48 valence electrons. The Bertz CT molecular complexity index is 90.0. The first kappa shape index (κ1) is 7.20. The highest BCUT2D eigenvalue weighted by Crippen LogP contribution is 1.85. The van der Waals surface area contributed by atoms with Crippen LogP contribution in [-0.4, -0.2) is 18.2 Å². The summed E-state index contributed by atoms with van der Waals surface area (Å²) in [5, 5.41) is 13.8. The van der Waals surface area contributed by atoms with E-state index >= 15 is 0 Å². The van der Waals surface area contributed by atoms with E-state index in [1.807, 2.05) is 0 Å². The van der Waals surface area contributed by atoms with Crippen molar-refractivity contribution in [3.8, 4) is 0 Å². The van der Waals surface area contributed by atoms with Gasteiger partial charge >= 0.3 is 0 Å². The van der Waals surface area contributed by atoms with E-state index in [0.29, 0.717) is 0 Å². The van der Waals surface area contributed by atoms with E-state index in [0.717, 1.165) is 0 Å². The Morgan fingerprint density at radius 1 is 1.62 bits per heavy atom. The van der Waals surface area contributed by atoms with Gasteiger partial charge in [-0.2, -0.15) is 0 Å². The molecule has 4 nitrogen and oxygen atoms in total. The maximum absolute atomic E-state index is 10.2. The van der Waals surface area contributed by atoms with Crippen molar-refractivity contribution >= 4 is 0 Å². The maximum Gasteiger partial charge on any atom is 0.168 e. The molecular weight excluding hydrogens is 108 g/mol. The van der Waals surface area contributed by atoms with Crippen LogP contribution in [0.2, 0.25) is 0 Å². The van der Waals surface area contributed by atoms with Gasteiger partial charge < -0.3 is 4.84 Å². The first-order valence-electron chi connectivity index (χ1n) is 2.39. The minimum atomic E-state index is -0.00699. The summed E-state index contributed by atoms with van der Waals surface area (Å²) in [6, 6.07) is -0.00699. The average Bonchev–Trinajstić information content (AvgIpc) is 1.65. The number of rotatable bonds is 2. The zero-order valence-corrected chi connectivity index (χ0v) is 5.29. The van der Waals surface area contributed by atoms with Crippen molar-refractivity contribution in [3.63, 3.8) is 0 Å².